The number of piperidine rings is 1. The van der Waals surface area contributed by atoms with Crippen LogP contribution in [0.3, 0.4) is 0 Å². The third kappa shape index (κ3) is 3.76. The molecule has 112 valence electrons. The minimum atomic E-state index is 0.805. The van der Waals surface area contributed by atoms with Gasteiger partial charge in [-0.2, -0.15) is 0 Å². The molecule has 21 heavy (non-hydrogen) atoms. The zero-order valence-corrected chi connectivity index (χ0v) is 13.5. The van der Waals surface area contributed by atoms with Crippen LogP contribution in [-0.4, -0.2) is 18.1 Å². The first-order chi connectivity index (χ1) is 10.3. The number of benzene rings is 1. The number of hydrogen-bond acceptors (Lipinski definition) is 4. The van der Waals surface area contributed by atoms with Crippen LogP contribution in [0.2, 0.25) is 0 Å². The molecule has 0 bridgehead atoms. The lowest BCUT2D eigenvalue weighted by molar-refractivity contribution is 0.578. The molecule has 3 rings (SSSR count). The van der Waals surface area contributed by atoms with Crippen molar-refractivity contribution < 1.29 is 0 Å². The number of thiazole rings is 1. The molecule has 0 amide bonds. The SMILES string of the molecule is CCc1nc(CNc2ccc(N3CCCCC3)cc2)cs1. The van der Waals surface area contributed by atoms with Crippen LogP contribution in [0.4, 0.5) is 11.4 Å². The summed E-state index contributed by atoms with van der Waals surface area (Å²) in [6.07, 6.45) is 5.05. The van der Waals surface area contributed by atoms with Gasteiger partial charge in [0.05, 0.1) is 17.2 Å². The molecule has 0 radical (unpaired) electrons. The maximum Gasteiger partial charge on any atom is 0.0926 e. The molecule has 0 atom stereocenters. The van der Waals surface area contributed by atoms with Crippen LogP contribution in [-0.2, 0) is 13.0 Å². The highest BCUT2D eigenvalue weighted by Gasteiger charge is 2.10. The molecule has 2 aromatic rings. The third-order valence-corrected chi connectivity index (χ3v) is 5.01. The number of nitrogens with one attached hydrogen (secondary N) is 1. The second-order valence-corrected chi connectivity index (χ2v) is 6.48. The van der Waals surface area contributed by atoms with Crippen molar-refractivity contribution in [3.8, 4) is 0 Å². The zero-order chi connectivity index (χ0) is 14.5. The Morgan fingerprint density at radius 1 is 1.14 bits per heavy atom. The molecule has 1 aliphatic heterocycles. The van der Waals surface area contributed by atoms with Gasteiger partial charge in [0.2, 0.25) is 0 Å². The van der Waals surface area contributed by atoms with Gasteiger partial charge in [0, 0.05) is 29.8 Å². The second kappa shape index (κ2) is 6.94. The Morgan fingerprint density at radius 3 is 2.57 bits per heavy atom. The van der Waals surface area contributed by atoms with E-state index in [4.69, 9.17) is 0 Å². The van der Waals surface area contributed by atoms with Crippen molar-refractivity contribution in [3.05, 3.63) is 40.3 Å². The number of rotatable bonds is 5. The lowest BCUT2D eigenvalue weighted by atomic mass is 10.1. The summed E-state index contributed by atoms with van der Waals surface area (Å²) >= 11 is 1.75. The molecule has 0 unspecified atom stereocenters. The van der Waals surface area contributed by atoms with Crippen molar-refractivity contribution in [1.29, 1.82) is 0 Å². The fourth-order valence-corrected chi connectivity index (χ4v) is 3.47. The van der Waals surface area contributed by atoms with E-state index in [0.717, 1.165) is 18.7 Å². The molecule has 2 heterocycles. The van der Waals surface area contributed by atoms with Gasteiger partial charge in [0.1, 0.15) is 0 Å². The number of aromatic nitrogens is 1. The monoisotopic (exact) mass is 301 g/mol. The van der Waals surface area contributed by atoms with E-state index in [-0.39, 0.29) is 0 Å². The van der Waals surface area contributed by atoms with E-state index in [0.29, 0.717) is 0 Å². The van der Waals surface area contributed by atoms with Gasteiger partial charge < -0.3 is 10.2 Å². The van der Waals surface area contributed by atoms with Crippen molar-refractivity contribution >= 4 is 22.7 Å². The number of hydrogen-bond donors (Lipinski definition) is 1. The van der Waals surface area contributed by atoms with E-state index in [9.17, 15) is 0 Å². The van der Waals surface area contributed by atoms with E-state index in [1.165, 1.54) is 48.7 Å². The largest absolute Gasteiger partial charge is 0.379 e. The fraction of sp³-hybridized carbons (Fsp3) is 0.471. The Hall–Kier alpha value is -1.55. The molecule has 0 spiro atoms. The zero-order valence-electron chi connectivity index (χ0n) is 12.6. The van der Waals surface area contributed by atoms with E-state index < -0.39 is 0 Å². The molecular formula is C17H23N3S. The van der Waals surface area contributed by atoms with Gasteiger partial charge in [-0.15, -0.1) is 11.3 Å². The van der Waals surface area contributed by atoms with Crippen LogP contribution in [0.1, 0.15) is 36.9 Å². The third-order valence-electron chi connectivity index (χ3n) is 3.96. The van der Waals surface area contributed by atoms with Crippen molar-refractivity contribution in [1.82, 2.24) is 4.98 Å². The molecular weight excluding hydrogens is 278 g/mol. The summed E-state index contributed by atoms with van der Waals surface area (Å²) in [5, 5.41) is 6.82. The van der Waals surface area contributed by atoms with Crippen molar-refractivity contribution in [2.24, 2.45) is 0 Å². The van der Waals surface area contributed by atoms with Gasteiger partial charge in [-0.05, 0) is 49.9 Å². The summed E-state index contributed by atoms with van der Waals surface area (Å²) in [7, 11) is 0. The van der Waals surface area contributed by atoms with Gasteiger partial charge in [-0.25, -0.2) is 4.98 Å². The Kier molecular flexibility index (Phi) is 4.76. The molecule has 1 fully saturated rings. The van der Waals surface area contributed by atoms with Crippen LogP contribution in [0.25, 0.3) is 0 Å². The molecule has 1 N–H and O–H groups in total. The minimum absolute atomic E-state index is 0.805. The van der Waals surface area contributed by atoms with Gasteiger partial charge >= 0.3 is 0 Å². The highest BCUT2D eigenvalue weighted by molar-refractivity contribution is 7.09. The number of nitrogens with zero attached hydrogens (tertiary/aromatic N) is 2. The Morgan fingerprint density at radius 2 is 1.90 bits per heavy atom. The van der Waals surface area contributed by atoms with E-state index in [1.54, 1.807) is 11.3 Å². The molecule has 0 aliphatic carbocycles. The maximum absolute atomic E-state index is 4.58. The van der Waals surface area contributed by atoms with Crippen molar-refractivity contribution in [2.75, 3.05) is 23.3 Å². The maximum atomic E-state index is 4.58. The van der Waals surface area contributed by atoms with Gasteiger partial charge in [0.25, 0.3) is 0 Å². The molecule has 1 aliphatic rings. The van der Waals surface area contributed by atoms with Crippen LogP contribution in [0.5, 0.6) is 0 Å². The highest BCUT2D eigenvalue weighted by atomic mass is 32.1. The van der Waals surface area contributed by atoms with Gasteiger partial charge in [0.15, 0.2) is 0 Å². The van der Waals surface area contributed by atoms with Crippen molar-refractivity contribution in [2.45, 2.75) is 39.2 Å². The highest BCUT2D eigenvalue weighted by Crippen LogP contribution is 2.22. The van der Waals surface area contributed by atoms with E-state index in [2.05, 4.69) is 51.8 Å². The summed E-state index contributed by atoms with van der Waals surface area (Å²) in [6.45, 7) is 5.35. The van der Waals surface area contributed by atoms with E-state index in [1.807, 2.05) is 0 Å². The Bertz CT molecular complexity index is 556. The molecule has 4 heteroatoms. The molecule has 1 aromatic heterocycles. The number of aryl methyl sites for hydroxylation is 1. The van der Waals surface area contributed by atoms with Crippen LogP contribution in [0, 0.1) is 0 Å². The minimum Gasteiger partial charge on any atom is -0.379 e. The lowest BCUT2D eigenvalue weighted by Gasteiger charge is -2.28. The molecule has 1 saturated heterocycles. The summed E-state index contributed by atoms with van der Waals surface area (Å²) in [4.78, 5) is 7.07. The average molecular weight is 301 g/mol. The average Bonchev–Trinajstić information content (AvgIpc) is 3.02. The summed E-state index contributed by atoms with van der Waals surface area (Å²) in [5.41, 5.74) is 3.65. The first-order valence-electron chi connectivity index (χ1n) is 7.87. The Balaban J connectivity index is 1.56. The predicted molar refractivity (Wildman–Crippen MR) is 91.3 cm³/mol. The van der Waals surface area contributed by atoms with Crippen molar-refractivity contribution in [3.63, 3.8) is 0 Å². The summed E-state index contributed by atoms with van der Waals surface area (Å²) < 4.78 is 0. The molecule has 3 nitrogen and oxygen atoms in total. The molecule has 1 aromatic carbocycles. The first-order valence-corrected chi connectivity index (χ1v) is 8.75. The predicted octanol–water partition coefficient (Wildman–Crippen LogP) is 4.31. The van der Waals surface area contributed by atoms with Gasteiger partial charge in [-0.3, -0.25) is 0 Å². The Labute approximate surface area is 131 Å². The second-order valence-electron chi connectivity index (χ2n) is 5.53. The summed E-state index contributed by atoms with van der Waals surface area (Å²) in [5.74, 6) is 0. The summed E-state index contributed by atoms with van der Waals surface area (Å²) in [6, 6.07) is 8.81. The smallest absolute Gasteiger partial charge is 0.0926 e. The quantitative estimate of drug-likeness (QED) is 0.892. The van der Waals surface area contributed by atoms with Crippen LogP contribution in [0.15, 0.2) is 29.6 Å². The lowest BCUT2D eigenvalue weighted by Crippen LogP contribution is -2.29. The normalized spacial score (nSPS) is 15.2. The standard InChI is InChI=1S/C17H23N3S/c1-2-17-19-15(13-21-17)12-18-14-6-8-16(9-7-14)20-10-4-3-5-11-20/h6-9,13,18H,2-5,10-12H2,1H3. The number of anilines is 2. The first kappa shape index (κ1) is 14.4. The van der Waals surface area contributed by atoms with E-state index >= 15 is 0 Å². The molecule has 0 saturated carbocycles. The fourth-order valence-electron chi connectivity index (χ4n) is 2.73. The van der Waals surface area contributed by atoms with Gasteiger partial charge in [-0.1, -0.05) is 6.92 Å². The topological polar surface area (TPSA) is 28.2 Å². The van der Waals surface area contributed by atoms with Crippen LogP contribution < -0.4 is 10.2 Å². The van der Waals surface area contributed by atoms with Crippen LogP contribution >= 0.6 is 11.3 Å².